The molecule has 0 aromatic heterocycles. The molecule has 0 saturated heterocycles. The van der Waals surface area contributed by atoms with E-state index < -0.39 is 0 Å². The Hall–Kier alpha value is -0.790. The number of ketones is 1. The third-order valence-corrected chi connectivity index (χ3v) is 1.89. The highest BCUT2D eigenvalue weighted by molar-refractivity contribution is 5.81. The maximum Gasteiger partial charge on any atom is 0.152 e. The SMILES string of the molecule is C=C(CC)N[C@H](C(C)=O)C(C)C. The Labute approximate surface area is 75.0 Å². The molecule has 0 heterocycles. The Morgan fingerprint density at radius 1 is 1.50 bits per heavy atom. The highest BCUT2D eigenvalue weighted by Crippen LogP contribution is 2.05. The standard InChI is InChI=1S/C10H19NO/c1-6-8(4)11-10(7(2)3)9(5)12/h7,10-11H,4,6H2,1-3,5H3/t10-/m0/s1. The fourth-order valence-corrected chi connectivity index (χ4v) is 1.06. The summed E-state index contributed by atoms with van der Waals surface area (Å²) in [7, 11) is 0. The molecule has 0 aromatic carbocycles. The quantitative estimate of drug-likeness (QED) is 0.683. The van der Waals surface area contributed by atoms with Gasteiger partial charge in [0.1, 0.15) is 0 Å². The van der Waals surface area contributed by atoms with Crippen molar-refractivity contribution >= 4 is 5.78 Å². The van der Waals surface area contributed by atoms with Crippen molar-refractivity contribution in [2.75, 3.05) is 0 Å². The van der Waals surface area contributed by atoms with Crippen molar-refractivity contribution in [2.24, 2.45) is 5.92 Å². The molecule has 0 radical (unpaired) electrons. The van der Waals surface area contributed by atoms with Crippen LogP contribution in [-0.4, -0.2) is 11.8 Å². The maximum absolute atomic E-state index is 11.1. The van der Waals surface area contributed by atoms with Crippen LogP contribution < -0.4 is 5.32 Å². The van der Waals surface area contributed by atoms with Crippen molar-refractivity contribution in [3.8, 4) is 0 Å². The highest BCUT2D eigenvalue weighted by Gasteiger charge is 2.17. The number of hydrogen-bond acceptors (Lipinski definition) is 2. The second-order valence-corrected chi connectivity index (χ2v) is 3.43. The van der Waals surface area contributed by atoms with Gasteiger partial charge in [-0.3, -0.25) is 4.79 Å². The molecule has 0 fully saturated rings. The molecule has 0 spiro atoms. The van der Waals surface area contributed by atoms with Crippen LogP contribution in [0.15, 0.2) is 12.3 Å². The van der Waals surface area contributed by atoms with Gasteiger partial charge in [0.05, 0.1) is 6.04 Å². The zero-order valence-electron chi connectivity index (χ0n) is 8.48. The molecule has 0 aliphatic carbocycles. The molecule has 0 rings (SSSR count). The lowest BCUT2D eigenvalue weighted by Gasteiger charge is -2.21. The number of carbonyl (C=O) groups is 1. The van der Waals surface area contributed by atoms with Gasteiger partial charge in [-0.15, -0.1) is 0 Å². The van der Waals surface area contributed by atoms with Crippen LogP contribution in [0.5, 0.6) is 0 Å². The normalized spacial score (nSPS) is 12.8. The molecule has 2 nitrogen and oxygen atoms in total. The minimum atomic E-state index is -0.0718. The van der Waals surface area contributed by atoms with Gasteiger partial charge in [0, 0.05) is 5.70 Å². The number of Topliss-reactive ketones (excluding diaryl/α,β-unsaturated/α-hetero) is 1. The molecule has 0 aliphatic heterocycles. The van der Waals surface area contributed by atoms with E-state index in [0.717, 1.165) is 12.1 Å². The van der Waals surface area contributed by atoms with Crippen LogP contribution in [0.1, 0.15) is 34.1 Å². The van der Waals surface area contributed by atoms with Crippen molar-refractivity contribution in [2.45, 2.75) is 40.2 Å². The zero-order valence-corrected chi connectivity index (χ0v) is 8.48. The molecule has 2 heteroatoms. The molecule has 0 amide bonds. The van der Waals surface area contributed by atoms with Gasteiger partial charge in [0.15, 0.2) is 5.78 Å². The average molecular weight is 169 g/mol. The molecule has 70 valence electrons. The van der Waals surface area contributed by atoms with E-state index in [2.05, 4.69) is 11.9 Å². The van der Waals surface area contributed by atoms with Gasteiger partial charge in [0.2, 0.25) is 0 Å². The van der Waals surface area contributed by atoms with E-state index in [0.29, 0.717) is 5.92 Å². The lowest BCUT2D eigenvalue weighted by molar-refractivity contribution is -0.119. The third-order valence-electron chi connectivity index (χ3n) is 1.89. The van der Waals surface area contributed by atoms with Gasteiger partial charge in [-0.2, -0.15) is 0 Å². The van der Waals surface area contributed by atoms with E-state index in [4.69, 9.17) is 0 Å². The number of nitrogens with one attached hydrogen (secondary N) is 1. The summed E-state index contributed by atoms with van der Waals surface area (Å²) in [6.45, 7) is 11.5. The topological polar surface area (TPSA) is 29.1 Å². The van der Waals surface area contributed by atoms with Crippen molar-refractivity contribution in [1.29, 1.82) is 0 Å². The fourth-order valence-electron chi connectivity index (χ4n) is 1.06. The summed E-state index contributed by atoms with van der Waals surface area (Å²) in [6, 6.07) is -0.0718. The van der Waals surface area contributed by atoms with E-state index in [1.54, 1.807) is 6.92 Å². The van der Waals surface area contributed by atoms with Crippen LogP contribution >= 0.6 is 0 Å². The fraction of sp³-hybridized carbons (Fsp3) is 0.700. The van der Waals surface area contributed by atoms with E-state index in [9.17, 15) is 4.79 Å². The summed E-state index contributed by atoms with van der Waals surface area (Å²) >= 11 is 0. The van der Waals surface area contributed by atoms with Crippen LogP contribution in [0, 0.1) is 5.92 Å². The van der Waals surface area contributed by atoms with Crippen LogP contribution in [0.25, 0.3) is 0 Å². The first-order valence-electron chi connectivity index (χ1n) is 4.43. The first kappa shape index (κ1) is 11.2. The molecular formula is C10H19NO. The summed E-state index contributed by atoms with van der Waals surface area (Å²) in [5.41, 5.74) is 0.934. The largest absolute Gasteiger partial charge is 0.379 e. The first-order chi connectivity index (χ1) is 5.49. The van der Waals surface area contributed by atoms with Gasteiger partial charge in [-0.05, 0) is 19.3 Å². The first-order valence-corrected chi connectivity index (χ1v) is 4.43. The molecule has 12 heavy (non-hydrogen) atoms. The molecule has 1 atom stereocenters. The second-order valence-electron chi connectivity index (χ2n) is 3.43. The predicted molar refractivity (Wildman–Crippen MR) is 51.9 cm³/mol. The minimum Gasteiger partial charge on any atom is -0.379 e. The van der Waals surface area contributed by atoms with Crippen molar-refractivity contribution in [3.05, 3.63) is 12.3 Å². The minimum absolute atomic E-state index is 0.0718. The monoisotopic (exact) mass is 169 g/mol. The van der Waals surface area contributed by atoms with Gasteiger partial charge in [0.25, 0.3) is 0 Å². The predicted octanol–water partition coefficient (Wildman–Crippen LogP) is 2.11. The van der Waals surface area contributed by atoms with Crippen LogP contribution in [0.2, 0.25) is 0 Å². The van der Waals surface area contributed by atoms with Gasteiger partial charge in [-0.1, -0.05) is 27.4 Å². The molecule has 0 aliphatic rings. The zero-order chi connectivity index (χ0) is 9.72. The molecule has 0 saturated carbocycles. The van der Waals surface area contributed by atoms with E-state index in [1.165, 1.54) is 0 Å². The van der Waals surface area contributed by atoms with E-state index >= 15 is 0 Å². The Kier molecular flexibility index (Phi) is 4.64. The molecule has 1 N–H and O–H groups in total. The Balaban J connectivity index is 4.14. The number of hydrogen-bond donors (Lipinski definition) is 1. The molecular weight excluding hydrogens is 150 g/mol. The lowest BCUT2D eigenvalue weighted by Crippen LogP contribution is -2.38. The second kappa shape index (κ2) is 4.96. The summed E-state index contributed by atoms with van der Waals surface area (Å²) in [6.07, 6.45) is 0.872. The van der Waals surface area contributed by atoms with E-state index in [1.807, 2.05) is 20.8 Å². The smallest absolute Gasteiger partial charge is 0.152 e. The summed E-state index contributed by atoms with van der Waals surface area (Å²) < 4.78 is 0. The highest BCUT2D eigenvalue weighted by atomic mass is 16.1. The number of carbonyl (C=O) groups excluding carboxylic acids is 1. The summed E-state index contributed by atoms with van der Waals surface area (Å²) in [5.74, 6) is 0.505. The van der Waals surface area contributed by atoms with Crippen LogP contribution in [0.4, 0.5) is 0 Å². The van der Waals surface area contributed by atoms with E-state index in [-0.39, 0.29) is 11.8 Å². The van der Waals surface area contributed by atoms with Gasteiger partial charge < -0.3 is 5.32 Å². The lowest BCUT2D eigenvalue weighted by atomic mass is 10.0. The van der Waals surface area contributed by atoms with Crippen molar-refractivity contribution < 1.29 is 4.79 Å². The molecule has 0 aromatic rings. The number of rotatable bonds is 5. The molecule has 0 unspecified atom stereocenters. The Morgan fingerprint density at radius 3 is 2.25 bits per heavy atom. The average Bonchev–Trinajstić information content (AvgIpc) is 1.98. The third kappa shape index (κ3) is 3.56. The van der Waals surface area contributed by atoms with Crippen LogP contribution in [-0.2, 0) is 4.79 Å². The Bertz CT molecular complexity index is 173. The Morgan fingerprint density at radius 2 is 2.00 bits per heavy atom. The van der Waals surface area contributed by atoms with Crippen molar-refractivity contribution in [1.82, 2.24) is 5.32 Å². The summed E-state index contributed by atoms with van der Waals surface area (Å²) in [5, 5.41) is 3.12. The molecule has 0 bridgehead atoms. The maximum atomic E-state index is 11.1. The number of allylic oxidation sites excluding steroid dienone is 1. The van der Waals surface area contributed by atoms with Crippen LogP contribution in [0.3, 0.4) is 0 Å². The van der Waals surface area contributed by atoms with Gasteiger partial charge >= 0.3 is 0 Å². The summed E-state index contributed by atoms with van der Waals surface area (Å²) in [4.78, 5) is 11.1. The van der Waals surface area contributed by atoms with Crippen molar-refractivity contribution in [3.63, 3.8) is 0 Å². The van der Waals surface area contributed by atoms with Gasteiger partial charge in [-0.25, -0.2) is 0 Å².